The van der Waals surface area contributed by atoms with Crippen molar-refractivity contribution in [2.45, 2.75) is 29.8 Å². The van der Waals surface area contributed by atoms with Gasteiger partial charge >= 0.3 is 6.18 Å². The Morgan fingerprint density at radius 2 is 1.67 bits per heavy atom. The van der Waals surface area contributed by atoms with Crippen molar-refractivity contribution in [2.75, 3.05) is 0 Å². The summed E-state index contributed by atoms with van der Waals surface area (Å²) in [6.07, 6.45) is -3.23. The summed E-state index contributed by atoms with van der Waals surface area (Å²) in [6.45, 7) is 1.60. The van der Waals surface area contributed by atoms with Crippen molar-refractivity contribution in [3.05, 3.63) is 89.4 Å². The molecule has 0 saturated heterocycles. The van der Waals surface area contributed by atoms with Gasteiger partial charge in [0, 0.05) is 5.56 Å². The molecule has 1 heterocycles. The molecule has 30 heavy (non-hydrogen) atoms. The van der Waals surface area contributed by atoms with Gasteiger partial charge in [-0.15, -0.1) is 0 Å². The molecule has 0 aliphatic carbocycles. The summed E-state index contributed by atoms with van der Waals surface area (Å²) >= 11 is 0. The standard InChI is InChI=1S/C21H18F3NO4S/c1-14(15-7-9-17(10-8-15)21(22,23)24)25-20(26)19-16(11-12-29-19)13-30(27,28)18-5-3-2-4-6-18/h2-12,14H,13H2,1H3,(H,25,26). The maximum Gasteiger partial charge on any atom is 0.416 e. The zero-order chi connectivity index (χ0) is 21.9. The Balaban J connectivity index is 1.73. The van der Waals surface area contributed by atoms with Crippen molar-refractivity contribution in [3.8, 4) is 0 Å². The minimum atomic E-state index is -4.45. The molecule has 3 aromatic rings. The second-order valence-electron chi connectivity index (χ2n) is 6.66. The number of amides is 1. The second-order valence-corrected chi connectivity index (χ2v) is 8.65. The van der Waals surface area contributed by atoms with Gasteiger partial charge in [-0.1, -0.05) is 30.3 Å². The van der Waals surface area contributed by atoms with Gasteiger partial charge < -0.3 is 9.73 Å². The van der Waals surface area contributed by atoms with Crippen LogP contribution in [0.1, 0.15) is 40.2 Å². The van der Waals surface area contributed by atoms with Gasteiger partial charge in [0.15, 0.2) is 15.6 Å². The number of sulfone groups is 1. The van der Waals surface area contributed by atoms with Crippen LogP contribution >= 0.6 is 0 Å². The van der Waals surface area contributed by atoms with Gasteiger partial charge in [-0.25, -0.2) is 8.42 Å². The highest BCUT2D eigenvalue weighted by Gasteiger charge is 2.30. The van der Waals surface area contributed by atoms with E-state index in [0.717, 1.165) is 12.1 Å². The zero-order valence-corrected chi connectivity index (χ0v) is 16.6. The number of alkyl halides is 3. The maximum atomic E-state index is 12.7. The third kappa shape index (κ3) is 4.91. The van der Waals surface area contributed by atoms with Gasteiger partial charge in [-0.05, 0) is 42.8 Å². The smallest absolute Gasteiger partial charge is 0.416 e. The van der Waals surface area contributed by atoms with Crippen LogP contribution in [0, 0.1) is 0 Å². The lowest BCUT2D eigenvalue weighted by Crippen LogP contribution is -2.27. The highest BCUT2D eigenvalue weighted by Crippen LogP contribution is 2.30. The lowest BCUT2D eigenvalue weighted by molar-refractivity contribution is -0.137. The lowest BCUT2D eigenvalue weighted by atomic mass is 10.1. The molecular weight excluding hydrogens is 419 g/mol. The summed E-state index contributed by atoms with van der Waals surface area (Å²) in [5, 5.41) is 2.61. The fourth-order valence-corrected chi connectivity index (χ4v) is 4.25. The normalized spacial score (nSPS) is 13.1. The molecule has 5 nitrogen and oxygen atoms in total. The van der Waals surface area contributed by atoms with Crippen molar-refractivity contribution < 1.29 is 30.8 Å². The first-order valence-electron chi connectivity index (χ1n) is 8.90. The van der Waals surface area contributed by atoms with E-state index in [1.165, 1.54) is 36.6 Å². The Labute approximate surface area is 171 Å². The van der Waals surface area contributed by atoms with E-state index in [4.69, 9.17) is 4.42 Å². The highest BCUT2D eigenvalue weighted by molar-refractivity contribution is 7.90. The first-order chi connectivity index (χ1) is 14.1. The number of carbonyl (C=O) groups is 1. The second kappa shape index (κ2) is 8.35. The van der Waals surface area contributed by atoms with E-state index in [0.29, 0.717) is 5.56 Å². The molecular formula is C21H18F3NO4S. The molecule has 158 valence electrons. The third-order valence-electron chi connectivity index (χ3n) is 4.49. The summed E-state index contributed by atoms with van der Waals surface area (Å²) in [4.78, 5) is 12.7. The Morgan fingerprint density at radius 3 is 2.27 bits per heavy atom. The molecule has 1 N–H and O–H groups in total. The molecule has 0 bridgehead atoms. The minimum absolute atomic E-state index is 0.121. The molecule has 2 aromatic carbocycles. The number of hydrogen-bond acceptors (Lipinski definition) is 4. The summed E-state index contributed by atoms with van der Waals surface area (Å²) in [5.41, 5.74) is -0.137. The van der Waals surface area contributed by atoms with E-state index in [-0.39, 0.29) is 16.2 Å². The number of carbonyl (C=O) groups excluding carboxylic acids is 1. The van der Waals surface area contributed by atoms with Gasteiger partial charge in [-0.2, -0.15) is 13.2 Å². The van der Waals surface area contributed by atoms with Crippen molar-refractivity contribution in [1.29, 1.82) is 0 Å². The molecule has 0 aliphatic heterocycles. The van der Waals surface area contributed by atoms with E-state index in [1.807, 2.05) is 0 Å². The van der Waals surface area contributed by atoms with Crippen molar-refractivity contribution >= 4 is 15.7 Å². The predicted octanol–water partition coefficient (Wildman–Crippen LogP) is 4.76. The highest BCUT2D eigenvalue weighted by atomic mass is 32.2. The number of nitrogens with one attached hydrogen (secondary N) is 1. The molecule has 1 atom stereocenters. The van der Waals surface area contributed by atoms with Crippen LogP contribution in [0.4, 0.5) is 13.2 Å². The van der Waals surface area contributed by atoms with Crippen LogP contribution in [-0.2, 0) is 21.8 Å². The Morgan fingerprint density at radius 1 is 1.03 bits per heavy atom. The average molecular weight is 437 g/mol. The van der Waals surface area contributed by atoms with Crippen LogP contribution in [0.15, 0.2) is 76.2 Å². The van der Waals surface area contributed by atoms with Crippen molar-refractivity contribution in [1.82, 2.24) is 5.32 Å². The number of furan rings is 1. The van der Waals surface area contributed by atoms with Crippen LogP contribution in [0.25, 0.3) is 0 Å². The first kappa shape index (κ1) is 21.6. The third-order valence-corrected chi connectivity index (χ3v) is 6.17. The fourth-order valence-electron chi connectivity index (χ4n) is 2.87. The summed E-state index contributed by atoms with van der Waals surface area (Å²) < 4.78 is 68.4. The number of hydrogen-bond donors (Lipinski definition) is 1. The number of rotatable bonds is 6. The molecule has 9 heteroatoms. The number of benzene rings is 2. The van der Waals surface area contributed by atoms with Gasteiger partial charge in [0.25, 0.3) is 5.91 Å². The van der Waals surface area contributed by atoms with E-state index in [9.17, 15) is 26.4 Å². The van der Waals surface area contributed by atoms with E-state index < -0.39 is 39.3 Å². The van der Waals surface area contributed by atoms with Gasteiger partial charge in [0.2, 0.25) is 0 Å². The summed E-state index contributed by atoms with van der Waals surface area (Å²) in [6, 6.07) is 13.0. The summed E-state index contributed by atoms with van der Waals surface area (Å²) in [7, 11) is -3.69. The quantitative estimate of drug-likeness (QED) is 0.603. The molecule has 1 aromatic heterocycles. The van der Waals surface area contributed by atoms with Crippen LogP contribution < -0.4 is 5.32 Å². The Hall–Kier alpha value is -3.07. The predicted molar refractivity (Wildman–Crippen MR) is 103 cm³/mol. The fraction of sp³-hybridized carbons (Fsp3) is 0.190. The van der Waals surface area contributed by atoms with Crippen LogP contribution in [-0.4, -0.2) is 14.3 Å². The van der Waals surface area contributed by atoms with Crippen LogP contribution in [0.5, 0.6) is 0 Å². The largest absolute Gasteiger partial charge is 0.459 e. The molecule has 0 aliphatic rings. The topological polar surface area (TPSA) is 76.4 Å². The van der Waals surface area contributed by atoms with E-state index in [1.54, 1.807) is 25.1 Å². The van der Waals surface area contributed by atoms with E-state index in [2.05, 4.69) is 5.32 Å². The maximum absolute atomic E-state index is 12.7. The van der Waals surface area contributed by atoms with Gasteiger partial charge in [0.05, 0.1) is 28.5 Å². The molecule has 3 rings (SSSR count). The monoisotopic (exact) mass is 437 g/mol. The number of halogens is 3. The van der Waals surface area contributed by atoms with Crippen LogP contribution in [0.3, 0.4) is 0 Å². The molecule has 1 amide bonds. The van der Waals surface area contributed by atoms with Gasteiger partial charge in [-0.3, -0.25) is 4.79 Å². The first-order valence-corrected chi connectivity index (χ1v) is 10.6. The van der Waals surface area contributed by atoms with Crippen LogP contribution in [0.2, 0.25) is 0 Å². The zero-order valence-electron chi connectivity index (χ0n) is 15.8. The molecule has 0 saturated carbocycles. The summed E-state index contributed by atoms with van der Waals surface area (Å²) in [5.74, 6) is -1.25. The van der Waals surface area contributed by atoms with E-state index >= 15 is 0 Å². The Bertz CT molecular complexity index is 1120. The molecule has 1 unspecified atom stereocenters. The SMILES string of the molecule is CC(NC(=O)c1occc1CS(=O)(=O)c1ccccc1)c1ccc(C(F)(F)F)cc1. The van der Waals surface area contributed by atoms with Crippen molar-refractivity contribution in [3.63, 3.8) is 0 Å². The molecule has 0 radical (unpaired) electrons. The molecule has 0 spiro atoms. The molecule has 0 fully saturated rings. The minimum Gasteiger partial charge on any atom is -0.459 e. The van der Waals surface area contributed by atoms with Crippen molar-refractivity contribution in [2.24, 2.45) is 0 Å². The lowest BCUT2D eigenvalue weighted by Gasteiger charge is -2.15. The average Bonchev–Trinajstić information content (AvgIpc) is 3.15. The Kier molecular flexibility index (Phi) is 6.02. The van der Waals surface area contributed by atoms with Gasteiger partial charge in [0.1, 0.15) is 0 Å².